The molecule has 0 aromatic heterocycles. The normalized spacial score (nSPS) is 11.4. The third-order valence-electron chi connectivity index (χ3n) is 2.40. The third kappa shape index (κ3) is 4.75. The van der Waals surface area contributed by atoms with Crippen molar-refractivity contribution in [1.82, 2.24) is 4.90 Å². The number of amides is 1. The highest BCUT2D eigenvalue weighted by Gasteiger charge is 2.19. The molecule has 94 valence electrons. The lowest BCUT2D eigenvalue weighted by Crippen LogP contribution is -2.39. The van der Waals surface area contributed by atoms with Crippen LogP contribution < -0.4 is 5.73 Å². The first-order valence-electron chi connectivity index (χ1n) is 5.56. The van der Waals surface area contributed by atoms with Crippen LogP contribution in [0, 0.1) is 0 Å². The maximum Gasteiger partial charge on any atom is 0.224 e. The van der Waals surface area contributed by atoms with Crippen LogP contribution in [0.4, 0.5) is 0 Å². The molecule has 0 saturated carbocycles. The zero-order chi connectivity index (χ0) is 13.1. The summed E-state index contributed by atoms with van der Waals surface area (Å²) in [5.41, 5.74) is 6.29. The molecule has 0 radical (unpaired) electrons. The summed E-state index contributed by atoms with van der Waals surface area (Å²) < 4.78 is 0. The standard InChI is InChI=1S/C13H19ClN2O/c1-13(2,15)8-12(17)16(3)9-10-6-4-5-7-11(10)14/h4-7H,8-9,15H2,1-3H3. The molecule has 17 heavy (non-hydrogen) atoms. The first-order chi connectivity index (χ1) is 7.79. The fraction of sp³-hybridized carbons (Fsp3) is 0.462. The lowest BCUT2D eigenvalue weighted by Gasteiger charge is -2.23. The van der Waals surface area contributed by atoms with Crippen LogP contribution in [0.2, 0.25) is 5.02 Å². The predicted molar refractivity (Wildman–Crippen MR) is 70.8 cm³/mol. The van der Waals surface area contributed by atoms with Crippen LogP contribution in [0.3, 0.4) is 0 Å². The second-order valence-corrected chi connectivity index (χ2v) is 5.41. The van der Waals surface area contributed by atoms with E-state index in [1.54, 1.807) is 11.9 Å². The van der Waals surface area contributed by atoms with Crippen LogP contribution in [0.15, 0.2) is 24.3 Å². The number of carbonyl (C=O) groups is 1. The molecular weight excluding hydrogens is 236 g/mol. The molecule has 3 nitrogen and oxygen atoms in total. The quantitative estimate of drug-likeness (QED) is 0.897. The van der Waals surface area contributed by atoms with Crippen LogP contribution >= 0.6 is 11.6 Å². The summed E-state index contributed by atoms with van der Waals surface area (Å²) in [6.07, 6.45) is 0.327. The minimum Gasteiger partial charge on any atom is -0.341 e. The van der Waals surface area contributed by atoms with Crippen LogP contribution in [-0.4, -0.2) is 23.4 Å². The zero-order valence-electron chi connectivity index (χ0n) is 10.5. The molecule has 1 aromatic rings. The van der Waals surface area contributed by atoms with Gasteiger partial charge in [0.1, 0.15) is 0 Å². The highest BCUT2D eigenvalue weighted by Crippen LogP contribution is 2.17. The van der Waals surface area contributed by atoms with Crippen molar-refractivity contribution in [3.8, 4) is 0 Å². The first kappa shape index (κ1) is 14.0. The number of hydrogen-bond acceptors (Lipinski definition) is 2. The number of rotatable bonds is 4. The lowest BCUT2D eigenvalue weighted by molar-refractivity contribution is -0.131. The molecule has 0 saturated heterocycles. The lowest BCUT2D eigenvalue weighted by atomic mass is 10.0. The van der Waals surface area contributed by atoms with Crippen molar-refractivity contribution in [2.45, 2.75) is 32.4 Å². The van der Waals surface area contributed by atoms with Gasteiger partial charge in [-0.2, -0.15) is 0 Å². The smallest absolute Gasteiger partial charge is 0.224 e. The Morgan fingerprint density at radius 3 is 2.53 bits per heavy atom. The van der Waals surface area contributed by atoms with Gasteiger partial charge in [0.15, 0.2) is 0 Å². The molecular formula is C13H19ClN2O. The summed E-state index contributed by atoms with van der Waals surface area (Å²) >= 11 is 6.04. The molecule has 0 aliphatic heterocycles. The van der Waals surface area contributed by atoms with Gasteiger partial charge in [0.2, 0.25) is 5.91 Å². The number of carbonyl (C=O) groups excluding carboxylic acids is 1. The molecule has 0 aliphatic rings. The summed E-state index contributed by atoms with van der Waals surface area (Å²) in [5, 5.41) is 0.680. The number of benzene rings is 1. The van der Waals surface area contributed by atoms with E-state index in [4.69, 9.17) is 17.3 Å². The number of nitrogens with two attached hydrogens (primary N) is 1. The van der Waals surface area contributed by atoms with Crippen molar-refractivity contribution in [3.05, 3.63) is 34.9 Å². The Balaban J connectivity index is 2.64. The van der Waals surface area contributed by atoms with Gasteiger partial charge >= 0.3 is 0 Å². The van der Waals surface area contributed by atoms with Crippen molar-refractivity contribution in [1.29, 1.82) is 0 Å². The number of nitrogens with zero attached hydrogens (tertiary/aromatic N) is 1. The van der Waals surface area contributed by atoms with Crippen LogP contribution in [0.1, 0.15) is 25.8 Å². The van der Waals surface area contributed by atoms with Gasteiger partial charge in [0.05, 0.1) is 0 Å². The SMILES string of the molecule is CN(Cc1ccccc1Cl)C(=O)CC(C)(C)N. The summed E-state index contributed by atoms with van der Waals surface area (Å²) in [7, 11) is 1.76. The minimum atomic E-state index is -0.480. The van der Waals surface area contributed by atoms with E-state index in [-0.39, 0.29) is 5.91 Å². The fourth-order valence-corrected chi connectivity index (χ4v) is 1.69. The van der Waals surface area contributed by atoms with Crippen LogP contribution in [0.5, 0.6) is 0 Å². The molecule has 2 N–H and O–H groups in total. The highest BCUT2D eigenvalue weighted by atomic mass is 35.5. The molecule has 0 aliphatic carbocycles. The van der Waals surface area contributed by atoms with Gasteiger partial charge in [-0.15, -0.1) is 0 Å². The van der Waals surface area contributed by atoms with Gasteiger partial charge in [0.25, 0.3) is 0 Å². The highest BCUT2D eigenvalue weighted by molar-refractivity contribution is 6.31. The molecule has 0 spiro atoms. The predicted octanol–water partition coefficient (Wildman–Crippen LogP) is 2.43. The van der Waals surface area contributed by atoms with E-state index in [1.807, 2.05) is 38.1 Å². The van der Waals surface area contributed by atoms with Crippen molar-refractivity contribution in [3.63, 3.8) is 0 Å². The maximum atomic E-state index is 11.9. The Kier molecular flexibility index (Phi) is 4.54. The van der Waals surface area contributed by atoms with E-state index in [2.05, 4.69) is 0 Å². The maximum absolute atomic E-state index is 11.9. The summed E-state index contributed by atoms with van der Waals surface area (Å²) in [6, 6.07) is 7.52. The van der Waals surface area contributed by atoms with Gasteiger partial charge in [-0.25, -0.2) is 0 Å². The van der Waals surface area contributed by atoms with E-state index in [0.717, 1.165) is 5.56 Å². The molecule has 0 unspecified atom stereocenters. The fourth-order valence-electron chi connectivity index (χ4n) is 1.50. The third-order valence-corrected chi connectivity index (χ3v) is 2.77. The van der Waals surface area contributed by atoms with Crippen LogP contribution in [0.25, 0.3) is 0 Å². The average molecular weight is 255 g/mol. The van der Waals surface area contributed by atoms with Gasteiger partial charge in [-0.3, -0.25) is 4.79 Å². The Morgan fingerprint density at radius 1 is 1.41 bits per heavy atom. The minimum absolute atomic E-state index is 0.0254. The number of halogens is 1. The monoisotopic (exact) mass is 254 g/mol. The van der Waals surface area contributed by atoms with Gasteiger partial charge in [-0.1, -0.05) is 29.8 Å². The average Bonchev–Trinajstić information content (AvgIpc) is 2.18. The summed E-state index contributed by atoms with van der Waals surface area (Å²) in [4.78, 5) is 13.5. The number of hydrogen-bond donors (Lipinski definition) is 1. The first-order valence-corrected chi connectivity index (χ1v) is 5.93. The molecule has 0 heterocycles. The van der Waals surface area contributed by atoms with E-state index in [9.17, 15) is 4.79 Å². The van der Waals surface area contributed by atoms with E-state index >= 15 is 0 Å². The van der Waals surface area contributed by atoms with E-state index in [0.29, 0.717) is 18.0 Å². The summed E-state index contributed by atoms with van der Waals surface area (Å²) in [6.45, 7) is 4.19. The van der Waals surface area contributed by atoms with E-state index < -0.39 is 5.54 Å². The Labute approximate surface area is 108 Å². The molecule has 0 bridgehead atoms. The molecule has 1 amide bonds. The second kappa shape index (κ2) is 5.52. The van der Waals surface area contributed by atoms with Gasteiger partial charge < -0.3 is 10.6 Å². The Hall–Kier alpha value is -1.06. The van der Waals surface area contributed by atoms with Crippen molar-refractivity contribution >= 4 is 17.5 Å². The molecule has 1 rings (SSSR count). The molecule has 0 atom stereocenters. The Morgan fingerprint density at radius 2 is 2.00 bits per heavy atom. The summed E-state index contributed by atoms with van der Waals surface area (Å²) in [5.74, 6) is 0.0254. The van der Waals surface area contributed by atoms with Crippen LogP contribution in [-0.2, 0) is 11.3 Å². The van der Waals surface area contributed by atoms with Gasteiger partial charge in [0, 0.05) is 30.6 Å². The van der Waals surface area contributed by atoms with Crippen molar-refractivity contribution < 1.29 is 4.79 Å². The van der Waals surface area contributed by atoms with Gasteiger partial charge in [-0.05, 0) is 25.5 Å². The zero-order valence-corrected chi connectivity index (χ0v) is 11.3. The largest absolute Gasteiger partial charge is 0.341 e. The molecule has 0 fully saturated rings. The topological polar surface area (TPSA) is 46.3 Å². The van der Waals surface area contributed by atoms with Crippen molar-refractivity contribution in [2.75, 3.05) is 7.05 Å². The molecule has 1 aromatic carbocycles. The molecule has 4 heteroatoms. The second-order valence-electron chi connectivity index (χ2n) is 5.01. The van der Waals surface area contributed by atoms with Crippen molar-refractivity contribution in [2.24, 2.45) is 5.73 Å². The Bertz CT molecular complexity index is 399. The van der Waals surface area contributed by atoms with E-state index in [1.165, 1.54) is 0 Å².